The minimum atomic E-state index is -4.45. The lowest BCUT2D eigenvalue weighted by molar-refractivity contribution is -0.138. The summed E-state index contributed by atoms with van der Waals surface area (Å²) in [6.45, 7) is 1.90. The normalized spacial score (nSPS) is 18.3. The number of anilines is 1. The van der Waals surface area contributed by atoms with E-state index < -0.39 is 11.7 Å². The number of hydrogen-bond acceptors (Lipinski definition) is 5. The molecule has 9 heteroatoms. The zero-order valence-electron chi connectivity index (χ0n) is 13.6. The highest BCUT2D eigenvalue weighted by atomic mass is 19.4. The van der Waals surface area contributed by atoms with E-state index in [-0.39, 0.29) is 18.5 Å². The fourth-order valence-corrected chi connectivity index (χ4v) is 2.80. The van der Waals surface area contributed by atoms with Crippen LogP contribution in [-0.2, 0) is 15.7 Å². The summed E-state index contributed by atoms with van der Waals surface area (Å²) in [5.41, 5.74) is -0.872. The Morgan fingerprint density at radius 3 is 2.40 bits per heavy atom. The number of carbonyl (C=O) groups excluding carboxylic acids is 1. The van der Waals surface area contributed by atoms with Crippen LogP contribution in [0.25, 0.3) is 0 Å². The zero-order chi connectivity index (χ0) is 17.9. The highest BCUT2D eigenvalue weighted by Crippen LogP contribution is 2.28. The Bertz CT molecular complexity index is 638. The fourth-order valence-electron chi connectivity index (χ4n) is 2.80. The molecule has 0 radical (unpaired) electrons. The monoisotopic (exact) mass is 356 g/mol. The highest BCUT2D eigenvalue weighted by molar-refractivity contribution is 5.77. The Hall–Kier alpha value is -2.32. The molecule has 0 saturated carbocycles. The molecular weight excluding hydrogens is 337 g/mol. The maximum absolute atomic E-state index is 12.5. The van der Waals surface area contributed by atoms with Crippen LogP contribution in [0.4, 0.5) is 19.1 Å². The molecule has 0 unspecified atom stereocenters. The van der Waals surface area contributed by atoms with Crippen molar-refractivity contribution in [1.82, 2.24) is 14.9 Å². The molecule has 0 spiro atoms. The first kappa shape index (κ1) is 17.5. The average molecular weight is 356 g/mol. The van der Waals surface area contributed by atoms with Crippen LogP contribution in [-0.4, -0.2) is 53.6 Å². The van der Waals surface area contributed by atoms with Gasteiger partial charge < -0.3 is 14.5 Å². The molecule has 1 saturated heterocycles. The molecule has 0 aromatic carbocycles. The number of halogens is 3. The molecular formula is C16H19F3N4O2. The minimum absolute atomic E-state index is 0.0304. The van der Waals surface area contributed by atoms with Gasteiger partial charge in [0.05, 0.1) is 11.3 Å². The van der Waals surface area contributed by atoms with Crippen LogP contribution in [0, 0.1) is 0 Å². The van der Waals surface area contributed by atoms with E-state index in [9.17, 15) is 18.0 Å². The molecule has 136 valence electrons. The SMILES string of the molecule is O=C(COC1=CCCC1)N1CCN(c2ncc(C(F)(F)F)cn2)CC1. The van der Waals surface area contributed by atoms with E-state index in [1.165, 1.54) is 0 Å². The summed E-state index contributed by atoms with van der Waals surface area (Å²) >= 11 is 0. The third kappa shape index (κ3) is 4.40. The van der Waals surface area contributed by atoms with Crippen LogP contribution < -0.4 is 4.90 Å². The molecule has 0 bridgehead atoms. The van der Waals surface area contributed by atoms with Gasteiger partial charge in [0.25, 0.3) is 5.91 Å². The number of hydrogen-bond donors (Lipinski definition) is 0. The summed E-state index contributed by atoms with van der Waals surface area (Å²) in [4.78, 5) is 23.2. The molecule has 1 fully saturated rings. The quantitative estimate of drug-likeness (QED) is 0.828. The molecule has 3 rings (SSSR count). The van der Waals surface area contributed by atoms with E-state index in [0.717, 1.165) is 37.4 Å². The molecule has 1 aromatic rings. The van der Waals surface area contributed by atoms with Crippen LogP contribution in [0.3, 0.4) is 0 Å². The van der Waals surface area contributed by atoms with Crippen molar-refractivity contribution in [3.8, 4) is 0 Å². The van der Waals surface area contributed by atoms with Crippen LogP contribution >= 0.6 is 0 Å². The molecule has 2 aliphatic rings. The molecule has 1 aliphatic carbocycles. The van der Waals surface area contributed by atoms with Gasteiger partial charge in [-0.25, -0.2) is 9.97 Å². The Morgan fingerprint density at radius 1 is 1.16 bits per heavy atom. The fraction of sp³-hybridized carbons (Fsp3) is 0.562. The summed E-state index contributed by atoms with van der Waals surface area (Å²) in [5, 5.41) is 0. The Labute approximate surface area is 143 Å². The van der Waals surface area contributed by atoms with E-state index in [4.69, 9.17) is 4.74 Å². The number of ether oxygens (including phenoxy) is 1. The van der Waals surface area contributed by atoms with Crippen molar-refractivity contribution in [2.75, 3.05) is 37.7 Å². The van der Waals surface area contributed by atoms with E-state index in [1.807, 2.05) is 6.08 Å². The van der Waals surface area contributed by atoms with Gasteiger partial charge in [0.1, 0.15) is 0 Å². The van der Waals surface area contributed by atoms with Gasteiger partial charge in [0.15, 0.2) is 6.61 Å². The lowest BCUT2D eigenvalue weighted by atomic mass is 10.3. The number of piperazine rings is 1. The number of nitrogens with zero attached hydrogens (tertiary/aromatic N) is 4. The first-order valence-electron chi connectivity index (χ1n) is 8.17. The number of carbonyl (C=O) groups is 1. The van der Waals surface area contributed by atoms with Crippen LogP contribution in [0.5, 0.6) is 0 Å². The number of amides is 1. The van der Waals surface area contributed by atoms with E-state index >= 15 is 0 Å². The molecule has 2 heterocycles. The molecule has 1 aromatic heterocycles. The van der Waals surface area contributed by atoms with Gasteiger partial charge in [0, 0.05) is 45.0 Å². The van der Waals surface area contributed by atoms with Gasteiger partial charge >= 0.3 is 6.18 Å². The molecule has 6 nitrogen and oxygen atoms in total. The molecule has 0 atom stereocenters. The number of rotatable bonds is 4. The summed E-state index contributed by atoms with van der Waals surface area (Å²) in [6.07, 6.45) is 2.06. The van der Waals surface area contributed by atoms with Crippen LogP contribution in [0.1, 0.15) is 24.8 Å². The van der Waals surface area contributed by atoms with Crippen LogP contribution in [0.15, 0.2) is 24.2 Å². The predicted molar refractivity (Wildman–Crippen MR) is 83.7 cm³/mol. The summed E-state index contributed by atoms with van der Waals surface area (Å²) in [6, 6.07) is 0. The molecule has 1 aliphatic heterocycles. The van der Waals surface area contributed by atoms with Crippen molar-refractivity contribution in [2.45, 2.75) is 25.4 Å². The largest absolute Gasteiger partial charge is 0.488 e. The lowest BCUT2D eigenvalue weighted by Gasteiger charge is -2.34. The number of aromatic nitrogens is 2. The summed E-state index contributed by atoms with van der Waals surface area (Å²) < 4.78 is 43.1. The zero-order valence-corrected chi connectivity index (χ0v) is 13.6. The second-order valence-corrected chi connectivity index (χ2v) is 5.99. The smallest absolute Gasteiger partial charge is 0.419 e. The van der Waals surface area contributed by atoms with Gasteiger partial charge in [0.2, 0.25) is 5.95 Å². The topological polar surface area (TPSA) is 58.6 Å². The standard InChI is InChI=1S/C16H19F3N4O2/c17-16(18,19)12-9-20-15(21-10-12)23-7-5-22(6-8-23)14(24)11-25-13-3-1-2-4-13/h3,9-10H,1-2,4-8,11H2. The molecule has 1 amide bonds. The number of allylic oxidation sites excluding steroid dienone is 2. The van der Waals surface area contributed by atoms with E-state index in [0.29, 0.717) is 26.2 Å². The van der Waals surface area contributed by atoms with Gasteiger partial charge in [-0.1, -0.05) is 0 Å². The third-order valence-corrected chi connectivity index (χ3v) is 4.26. The van der Waals surface area contributed by atoms with E-state index in [1.54, 1.807) is 9.80 Å². The Morgan fingerprint density at radius 2 is 1.84 bits per heavy atom. The lowest BCUT2D eigenvalue weighted by Crippen LogP contribution is -2.50. The van der Waals surface area contributed by atoms with E-state index in [2.05, 4.69) is 9.97 Å². The second-order valence-electron chi connectivity index (χ2n) is 5.99. The third-order valence-electron chi connectivity index (χ3n) is 4.26. The van der Waals surface area contributed by atoms with Crippen LogP contribution in [0.2, 0.25) is 0 Å². The maximum atomic E-state index is 12.5. The second kappa shape index (κ2) is 7.28. The predicted octanol–water partition coefficient (Wildman–Crippen LogP) is 2.23. The number of alkyl halides is 3. The van der Waals surface area contributed by atoms with Crippen molar-refractivity contribution in [2.24, 2.45) is 0 Å². The Balaban J connectivity index is 1.48. The first-order chi connectivity index (χ1) is 11.9. The van der Waals surface area contributed by atoms with Gasteiger partial charge in [-0.05, 0) is 18.9 Å². The summed E-state index contributed by atoms with van der Waals surface area (Å²) in [7, 11) is 0. The van der Waals surface area contributed by atoms with Crippen molar-refractivity contribution in [3.05, 3.63) is 29.8 Å². The van der Waals surface area contributed by atoms with Gasteiger partial charge in [-0.3, -0.25) is 4.79 Å². The molecule has 0 N–H and O–H groups in total. The molecule has 25 heavy (non-hydrogen) atoms. The average Bonchev–Trinajstić information content (AvgIpc) is 3.13. The van der Waals surface area contributed by atoms with Crippen molar-refractivity contribution < 1.29 is 22.7 Å². The highest BCUT2D eigenvalue weighted by Gasteiger charge is 2.32. The van der Waals surface area contributed by atoms with Gasteiger partial charge in [-0.2, -0.15) is 13.2 Å². The van der Waals surface area contributed by atoms with Crippen molar-refractivity contribution in [3.63, 3.8) is 0 Å². The Kier molecular flexibility index (Phi) is 5.10. The van der Waals surface area contributed by atoms with Gasteiger partial charge in [-0.15, -0.1) is 0 Å². The summed E-state index contributed by atoms with van der Waals surface area (Å²) in [5.74, 6) is 1.04. The van der Waals surface area contributed by atoms with Crippen molar-refractivity contribution in [1.29, 1.82) is 0 Å². The maximum Gasteiger partial charge on any atom is 0.419 e. The first-order valence-corrected chi connectivity index (χ1v) is 8.17. The minimum Gasteiger partial charge on any atom is -0.488 e. The van der Waals surface area contributed by atoms with Crippen molar-refractivity contribution >= 4 is 11.9 Å².